The molecule has 0 spiro atoms. The Labute approximate surface area is 123 Å². The van der Waals surface area contributed by atoms with Crippen LogP contribution in [0, 0.1) is 0 Å². The van der Waals surface area contributed by atoms with Gasteiger partial charge in [0.25, 0.3) is 0 Å². The molecular formula is C13H23N3O3S. The minimum absolute atomic E-state index is 0.0314. The molecule has 0 bridgehead atoms. The van der Waals surface area contributed by atoms with Crippen LogP contribution in [0.2, 0.25) is 0 Å². The molecule has 0 aromatic rings. The lowest BCUT2D eigenvalue weighted by atomic mass is 10.2. The first-order valence-corrected chi connectivity index (χ1v) is 8.39. The van der Waals surface area contributed by atoms with Crippen molar-refractivity contribution in [2.45, 2.75) is 37.8 Å². The number of hydrogen-bond acceptors (Lipinski definition) is 4. The molecule has 1 aliphatic carbocycles. The second kappa shape index (κ2) is 7.73. The van der Waals surface area contributed by atoms with Crippen molar-refractivity contribution in [2.24, 2.45) is 0 Å². The number of carbonyl (C=O) groups excluding carboxylic acids is 1. The van der Waals surface area contributed by atoms with Crippen molar-refractivity contribution in [1.82, 2.24) is 15.5 Å². The third-order valence-electron chi connectivity index (χ3n) is 3.54. The zero-order chi connectivity index (χ0) is 14.4. The highest BCUT2D eigenvalue weighted by atomic mass is 32.2. The Bertz CT molecular complexity index is 350. The molecule has 1 unspecified atom stereocenters. The molecule has 2 aliphatic rings. The van der Waals surface area contributed by atoms with E-state index < -0.39 is 5.97 Å². The minimum atomic E-state index is -0.844. The van der Waals surface area contributed by atoms with Crippen LogP contribution in [-0.4, -0.2) is 65.2 Å². The van der Waals surface area contributed by atoms with Gasteiger partial charge in [0.05, 0.1) is 12.5 Å². The average molecular weight is 301 g/mol. The molecule has 1 atom stereocenters. The number of urea groups is 1. The number of nitrogens with zero attached hydrogens (tertiary/aromatic N) is 1. The largest absolute Gasteiger partial charge is 0.481 e. The van der Waals surface area contributed by atoms with Crippen LogP contribution in [0.15, 0.2) is 0 Å². The van der Waals surface area contributed by atoms with Crippen LogP contribution in [0.5, 0.6) is 0 Å². The lowest BCUT2D eigenvalue weighted by Crippen LogP contribution is -2.51. The van der Waals surface area contributed by atoms with E-state index in [0.717, 1.165) is 18.7 Å². The van der Waals surface area contributed by atoms with Crippen LogP contribution in [0.25, 0.3) is 0 Å². The zero-order valence-corrected chi connectivity index (χ0v) is 12.5. The second-order valence-electron chi connectivity index (χ2n) is 5.33. The first-order valence-electron chi connectivity index (χ1n) is 7.24. The first-order chi connectivity index (χ1) is 9.66. The first kappa shape index (κ1) is 15.4. The monoisotopic (exact) mass is 301 g/mol. The van der Waals surface area contributed by atoms with Crippen LogP contribution in [0.4, 0.5) is 4.79 Å². The summed E-state index contributed by atoms with van der Waals surface area (Å²) in [5.41, 5.74) is 0. The fourth-order valence-electron chi connectivity index (χ4n) is 2.27. The van der Waals surface area contributed by atoms with E-state index in [4.69, 9.17) is 5.11 Å². The van der Waals surface area contributed by atoms with Crippen LogP contribution in [0.1, 0.15) is 25.7 Å². The number of amides is 2. The Balaban J connectivity index is 1.66. The summed E-state index contributed by atoms with van der Waals surface area (Å²) >= 11 is 1.71. The van der Waals surface area contributed by atoms with Gasteiger partial charge in [-0.15, -0.1) is 0 Å². The highest BCUT2D eigenvalue weighted by Gasteiger charge is 2.28. The van der Waals surface area contributed by atoms with Crippen LogP contribution < -0.4 is 10.6 Å². The second-order valence-corrected chi connectivity index (χ2v) is 6.48. The van der Waals surface area contributed by atoms with Gasteiger partial charge in [-0.3, -0.25) is 4.79 Å². The smallest absolute Gasteiger partial charge is 0.317 e. The SMILES string of the molecule is O=C(O)CC1CSCCN1C(=O)NCCCNC1CC1. The molecule has 7 heteroatoms. The number of carboxylic acid groups (broad SMARTS) is 1. The van der Waals surface area contributed by atoms with Crippen LogP contribution >= 0.6 is 11.8 Å². The Morgan fingerprint density at radius 2 is 2.10 bits per heavy atom. The molecule has 114 valence electrons. The summed E-state index contributed by atoms with van der Waals surface area (Å²) in [5, 5.41) is 15.2. The topological polar surface area (TPSA) is 81.7 Å². The molecule has 3 N–H and O–H groups in total. The number of carboxylic acids is 1. The molecule has 20 heavy (non-hydrogen) atoms. The van der Waals surface area contributed by atoms with E-state index in [2.05, 4.69) is 10.6 Å². The number of hydrogen-bond donors (Lipinski definition) is 3. The molecule has 0 aromatic carbocycles. The van der Waals surface area contributed by atoms with Gasteiger partial charge < -0.3 is 20.6 Å². The summed E-state index contributed by atoms with van der Waals surface area (Å²) < 4.78 is 0. The quantitative estimate of drug-likeness (QED) is 0.604. The Hall–Kier alpha value is -0.950. The van der Waals surface area contributed by atoms with E-state index in [1.165, 1.54) is 12.8 Å². The van der Waals surface area contributed by atoms with Gasteiger partial charge in [-0.25, -0.2) is 4.79 Å². The van der Waals surface area contributed by atoms with Crippen molar-refractivity contribution in [3.05, 3.63) is 0 Å². The molecule has 2 amide bonds. The number of rotatable bonds is 7. The molecule has 1 saturated heterocycles. The summed E-state index contributed by atoms with van der Waals surface area (Å²) in [6, 6.07) is 0.392. The predicted molar refractivity (Wildman–Crippen MR) is 79.1 cm³/mol. The highest BCUT2D eigenvalue weighted by Crippen LogP contribution is 2.19. The van der Waals surface area contributed by atoms with Crippen LogP contribution in [0.3, 0.4) is 0 Å². The van der Waals surface area contributed by atoms with Crippen LogP contribution in [-0.2, 0) is 4.79 Å². The number of nitrogens with one attached hydrogen (secondary N) is 2. The van der Waals surface area contributed by atoms with Crippen molar-refractivity contribution < 1.29 is 14.7 Å². The molecule has 2 fully saturated rings. The summed E-state index contributed by atoms with van der Waals surface area (Å²) in [6.07, 6.45) is 3.49. The molecular weight excluding hydrogens is 278 g/mol. The fourth-order valence-corrected chi connectivity index (χ4v) is 3.33. The van der Waals surface area contributed by atoms with Crippen molar-refractivity contribution in [3.8, 4) is 0 Å². The van der Waals surface area contributed by atoms with Crippen molar-refractivity contribution in [3.63, 3.8) is 0 Å². The predicted octanol–water partition coefficient (Wildman–Crippen LogP) is 0.730. The third-order valence-corrected chi connectivity index (χ3v) is 4.63. The lowest BCUT2D eigenvalue weighted by molar-refractivity contribution is -0.137. The van der Waals surface area contributed by atoms with Crippen molar-refractivity contribution in [2.75, 3.05) is 31.1 Å². The fraction of sp³-hybridized carbons (Fsp3) is 0.846. The normalized spacial score (nSPS) is 22.6. The number of carbonyl (C=O) groups is 2. The van der Waals surface area contributed by atoms with Gasteiger partial charge in [0, 0.05) is 30.6 Å². The van der Waals surface area contributed by atoms with E-state index in [1.54, 1.807) is 16.7 Å². The maximum absolute atomic E-state index is 12.1. The van der Waals surface area contributed by atoms with Crippen molar-refractivity contribution in [1.29, 1.82) is 0 Å². The highest BCUT2D eigenvalue weighted by molar-refractivity contribution is 7.99. The van der Waals surface area contributed by atoms with Gasteiger partial charge in [-0.05, 0) is 25.8 Å². The molecule has 0 aromatic heterocycles. The Kier molecular flexibility index (Phi) is 5.97. The summed E-state index contributed by atoms with van der Waals surface area (Å²) in [6.45, 7) is 2.20. The van der Waals surface area contributed by atoms with E-state index >= 15 is 0 Å². The van der Waals surface area contributed by atoms with E-state index in [1.807, 2.05) is 0 Å². The van der Waals surface area contributed by atoms with E-state index in [9.17, 15) is 9.59 Å². The number of aliphatic carboxylic acids is 1. The third kappa shape index (κ3) is 5.20. The van der Waals surface area contributed by atoms with Gasteiger partial charge in [-0.1, -0.05) is 0 Å². The van der Waals surface area contributed by atoms with E-state index in [0.29, 0.717) is 24.9 Å². The van der Waals surface area contributed by atoms with Gasteiger partial charge in [0.1, 0.15) is 0 Å². The summed E-state index contributed by atoms with van der Waals surface area (Å²) in [4.78, 5) is 24.6. The van der Waals surface area contributed by atoms with Gasteiger partial charge in [0.15, 0.2) is 0 Å². The molecule has 1 aliphatic heterocycles. The standard InChI is InChI=1S/C13H23N3O3S/c17-12(18)8-11-9-20-7-6-16(11)13(19)15-5-1-4-14-10-2-3-10/h10-11,14H,1-9H2,(H,15,19)(H,17,18). The minimum Gasteiger partial charge on any atom is -0.481 e. The van der Waals surface area contributed by atoms with Gasteiger partial charge >= 0.3 is 12.0 Å². The Morgan fingerprint density at radius 3 is 2.80 bits per heavy atom. The molecule has 1 saturated carbocycles. The Morgan fingerprint density at radius 1 is 1.30 bits per heavy atom. The summed E-state index contributed by atoms with van der Waals surface area (Å²) in [7, 11) is 0. The van der Waals surface area contributed by atoms with Gasteiger partial charge in [0.2, 0.25) is 0 Å². The summed E-state index contributed by atoms with van der Waals surface area (Å²) in [5.74, 6) is 0.749. The van der Waals surface area contributed by atoms with Gasteiger partial charge in [-0.2, -0.15) is 11.8 Å². The maximum Gasteiger partial charge on any atom is 0.317 e. The average Bonchev–Trinajstić information content (AvgIpc) is 3.22. The number of thioether (sulfide) groups is 1. The molecule has 1 heterocycles. The van der Waals surface area contributed by atoms with Crippen molar-refractivity contribution >= 4 is 23.8 Å². The molecule has 0 radical (unpaired) electrons. The van der Waals surface area contributed by atoms with E-state index in [-0.39, 0.29) is 18.5 Å². The zero-order valence-electron chi connectivity index (χ0n) is 11.6. The lowest BCUT2D eigenvalue weighted by Gasteiger charge is -2.34. The molecule has 6 nitrogen and oxygen atoms in total. The molecule has 2 rings (SSSR count). The maximum atomic E-state index is 12.1.